The number of rotatable bonds is 9. The lowest BCUT2D eigenvalue weighted by Crippen LogP contribution is -2.47. The van der Waals surface area contributed by atoms with Crippen molar-refractivity contribution in [2.75, 3.05) is 40.5 Å². The van der Waals surface area contributed by atoms with Crippen molar-refractivity contribution in [3.05, 3.63) is 23.4 Å². The zero-order chi connectivity index (χ0) is 17.3. The minimum absolute atomic E-state index is 0. The molecule has 0 amide bonds. The van der Waals surface area contributed by atoms with E-state index in [1.54, 1.807) is 32.5 Å². The lowest BCUT2D eigenvalue weighted by atomic mass is 9.67. The number of hydrogen-bond donors (Lipinski definition) is 2. The molecule has 2 rings (SSSR count). The molecule has 142 valence electrons. The molecule has 2 N–H and O–H groups in total. The van der Waals surface area contributed by atoms with Crippen molar-refractivity contribution in [3.63, 3.8) is 0 Å². The van der Waals surface area contributed by atoms with E-state index in [9.17, 15) is 0 Å². The Labute approximate surface area is 172 Å². The van der Waals surface area contributed by atoms with Gasteiger partial charge in [-0.2, -0.15) is 0 Å². The molecule has 1 aliphatic carbocycles. The Kier molecular flexibility index (Phi) is 10.4. The molecule has 1 fully saturated rings. The average Bonchev–Trinajstić information content (AvgIpc) is 2.57. The summed E-state index contributed by atoms with van der Waals surface area (Å²) >= 11 is 5.79. The van der Waals surface area contributed by atoms with Gasteiger partial charge in [0.05, 0.1) is 11.6 Å². The normalized spacial score (nSPS) is 15.7. The van der Waals surface area contributed by atoms with Gasteiger partial charge in [0.15, 0.2) is 5.96 Å². The largest absolute Gasteiger partial charge is 0.476 e. The van der Waals surface area contributed by atoms with Gasteiger partial charge < -0.3 is 20.1 Å². The van der Waals surface area contributed by atoms with Crippen LogP contribution in [0.1, 0.15) is 25.7 Å². The molecule has 0 atom stereocenters. The number of nitrogens with zero attached hydrogens (tertiary/aromatic N) is 2. The summed E-state index contributed by atoms with van der Waals surface area (Å²) in [5.41, 5.74) is 0.358. The highest BCUT2D eigenvalue weighted by Crippen LogP contribution is 2.43. The fourth-order valence-electron chi connectivity index (χ4n) is 2.78. The second-order valence-electron chi connectivity index (χ2n) is 6.11. The maximum absolute atomic E-state index is 5.79. The molecule has 0 saturated heterocycles. The van der Waals surface area contributed by atoms with Crippen LogP contribution in [0.4, 0.5) is 0 Å². The van der Waals surface area contributed by atoms with Crippen LogP contribution in [-0.2, 0) is 4.74 Å². The molecule has 1 aliphatic rings. The molecule has 1 saturated carbocycles. The molecule has 0 spiro atoms. The molecule has 0 radical (unpaired) electrons. The van der Waals surface area contributed by atoms with Crippen molar-refractivity contribution < 1.29 is 9.47 Å². The number of aliphatic imine (C=N–C) groups is 1. The Bertz CT molecular complexity index is 524. The monoisotopic (exact) mass is 482 g/mol. The van der Waals surface area contributed by atoms with Gasteiger partial charge in [-0.05, 0) is 30.7 Å². The SMILES string of the molecule is CN=C(NCCOc1ccc(Cl)cn1)NCC1(CCOC)CCC1.I. The van der Waals surface area contributed by atoms with E-state index in [1.807, 2.05) is 0 Å². The Morgan fingerprint density at radius 1 is 1.32 bits per heavy atom. The van der Waals surface area contributed by atoms with E-state index in [0.29, 0.717) is 29.5 Å². The first-order chi connectivity index (χ1) is 11.7. The summed E-state index contributed by atoms with van der Waals surface area (Å²) in [6, 6.07) is 3.52. The third-order valence-electron chi connectivity index (χ3n) is 4.45. The summed E-state index contributed by atoms with van der Waals surface area (Å²) in [5, 5.41) is 7.28. The Balaban J connectivity index is 0.00000312. The van der Waals surface area contributed by atoms with Crippen LogP contribution in [0, 0.1) is 5.41 Å². The molecule has 1 aromatic heterocycles. The average molecular weight is 483 g/mol. The second-order valence-corrected chi connectivity index (χ2v) is 6.55. The molecule has 1 aromatic rings. The summed E-state index contributed by atoms with van der Waals surface area (Å²) in [4.78, 5) is 8.35. The van der Waals surface area contributed by atoms with Crippen molar-refractivity contribution in [2.45, 2.75) is 25.7 Å². The number of pyridine rings is 1. The van der Waals surface area contributed by atoms with Crippen molar-refractivity contribution in [1.82, 2.24) is 15.6 Å². The number of aromatic nitrogens is 1. The third kappa shape index (κ3) is 7.53. The molecule has 0 aromatic carbocycles. The van der Waals surface area contributed by atoms with Crippen molar-refractivity contribution in [3.8, 4) is 5.88 Å². The zero-order valence-electron chi connectivity index (χ0n) is 14.9. The first kappa shape index (κ1) is 22.2. The lowest BCUT2D eigenvalue weighted by Gasteiger charge is -2.42. The topological polar surface area (TPSA) is 67.8 Å². The van der Waals surface area contributed by atoms with Gasteiger partial charge >= 0.3 is 0 Å². The van der Waals surface area contributed by atoms with Gasteiger partial charge in [-0.25, -0.2) is 4.98 Å². The van der Waals surface area contributed by atoms with Gasteiger partial charge in [-0.15, -0.1) is 24.0 Å². The van der Waals surface area contributed by atoms with Gasteiger partial charge in [-0.1, -0.05) is 18.0 Å². The van der Waals surface area contributed by atoms with Gasteiger partial charge in [0, 0.05) is 39.6 Å². The van der Waals surface area contributed by atoms with Crippen LogP contribution in [0.3, 0.4) is 0 Å². The number of ether oxygens (including phenoxy) is 2. The van der Waals surface area contributed by atoms with E-state index < -0.39 is 0 Å². The molecule has 0 aliphatic heterocycles. The highest BCUT2D eigenvalue weighted by atomic mass is 127. The molecule has 25 heavy (non-hydrogen) atoms. The molecule has 8 heteroatoms. The Morgan fingerprint density at radius 2 is 2.12 bits per heavy atom. The first-order valence-electron chi connectivity index (χ1n) is 8.35. The van der Waals surface area contributed by atoms with Crippen molar-refractivity contribution in [2.24, 2.45) is 10.4 Å². The van der Waals surface area contributed by atoms with Gasteiger partial charge in [-0.3, -0.25) is 4.99 Å². The quantitative estimate of drug-likeness (QED) is 0.245. The number of hydrogen-bond acceptors (Lipinski definition) is 4. The van der Waals surface area contributed by atoms with Crippen LogP contribution in [0.5, 0.6) is 5.88 Å². The summed E-state index contributed by atoms with van der Waals surface area (Å²) in [6.45, 7) is 2.89. The van der Waals surface area contributed by atoms with E-state index in [4.69, 9.17) is 21.1 Å². The smallest absolute Gasteiger partial charge is 0.213 e. The Morgan fingerprint density at radius 3 is 2.68 bits per heavy atom. The van der Waals surface area contributed by atoms with Gasteiger partial charge in [0.2, 0.25) is 5.88 Å². The van der Waals surface area contributed by atoms with Crippen LogP contribution < -0.4 is 15.4 Å². The number of nitrogens with one attached hydrogen (secondary N) is 2. The summed E-state index contributed by atoms with van der Waals surface area (Å²) < 4.78 is 10.8. The summed E-state index contributed by atoms with van der Waals surface area (Å²) in [7, 11) is 3.54. The highest BCUT2D eigenvalue weighted by Gasteiger charge is 2.36. The molecule has 0 unspecified atom stereocenters. The molecular formula is C17H28ClIN4O2. The van der Waals surface area contributed by atoms with E-state index in [0.717, 1.165) is 25.5 Å². The predicted octanol–water partition coefficient (Wildman–Crippen LogP) is 3.10. The molecule has 0 bridgehead atoms. The Hall–Kier alpha value is -0.800. The number of guanidine groups is 1. The van der Waals surface area contributed by atoms with Crippen molar-refractivity contribution >= 4 is 41.5 Å². The maximum atomic E-state index is 5.79. The third-order valence-corrected chi connectivity index (χ3v) is 4.67. The minimum atomic E-state index is 0. The summed E-state index contributed by atoms with van der Waals surface area (Å²) in [6.07, 6.45) is 6.48. The van der Waals surface area contributed by atoms with Crippen LogP contribution in [0.2, 0.25) is 5.02 Å². The first-order valence-corrected chi connectivity index (χ1v) is 8.73. The molecule has 1 heterocycles. The predicted molar refractivity (Wildman–Crippen MR) is 112 cm³/mol. The maximum Gasteiger partial charge on any atom is 0.213 e. The van der Waals surface area contributed by atoms with E-state index in [2.05, 4.69) is 20.6 Å². The van der Waals surface area contributed by atoms with Gasteiger partial charge in [0.25, 0.3) is 0 Å². The van der Waals surface area contributed by atoms with Crippen molar-refractivity contribution in [1.29, 1.82) is 0 Å². The fraction of sp³-hybridized carbons (Fsp3) is 0.647. The number of halogens is 2. The summed E-state index contributed by atoms with van der Waals surface area (Å²) in [5.74, 6) is 1.36. The minimum Gasteiger partial charge on any atom is -0.476 e. The van der Waals surface area contributed by atoms with E-state index in [-0.39, 0.29) is 24.0 Å². The van der Waals surface area contributed by atoms with Crippen LogP contribution >= 0.6 is 35.6 Å². The van der Waals surface area contributed by atoms with Crippen LogP contribution in [0.15, 0.2) is 23.3 Å². The fourth-order valence-corrected chi connectivity index (χ4v) is 2.89. The lowest BCUT2D eigenvalue weighted by molar-refractivity contribution is 0.0732. The molecule has 6 nitrogen and oxygen atoms in total. The standard InChI is InChI=1S/C17H27ClN4O2.HI/c1-19-16(22-13-17(6-3-7-17)8-10-23-2)20-9-11-24-15-5-4-14(18)12-21-15;/h4-5,12H,3,6-11,13H2,1-2H3,(H2,19,20,22);1H. The highest BCUT2D eigenvalue weighted by molar-refractivity contribution is 14.0. The molecular weight excluding hydrogens is 455 g/mol. The van der Waals surface area contributed by atoms with Gasteiger partial charge in [0.1, 0.15) is 6.61 Å². The van der Waals surface area contributed by atoms with E-state index in [1.165, 1.54) is 19.3 Å². The van der Waals surface area contributed by atoms with Crippen LogP contribution in [-0.4, -0.2) is 51.4 Å². The van der Waals surface area contributed by atoms with Crippen LogP contribution in [0.25, 0.3) is 0 Å². The van der Waals surface area contributed by atoms with E-state index >= 15 is 0 Å². The zero-order valence-corrected chi connectivity index (χ0v) is 18.0. The second kappa shape index (κ2) is 11.7. The number of methoxy groups -OCH3 is 1.